The zero-order valence-electron chi connectivity index (χ0n) is 5.73. The lowest BCUT2D eigenvalue weighted by Crippen LogP contribution is -1.78. The maximum absolute atomic E-state index is 8.60. The van der Waals surface area contributed by atoms with Gasteiger partial charge in [-0.2, -0.15) is 5.26 Å². The largest absolute Gasteiger partial charge is 0.305 e. The molecule has 0 fully saturated rings. The van der Waals surface area contributed by atoms with Crippen molar-refractivity contribution in [3.05, 3.63) is 36.4 Å². The Hall–Kier alpha value is -1.82. The van der Waals surface area contributed by atoms with E-state index in [0.29, 0.717) is 5.69 Å². The van der Waals surface area contributed by atoms with E-state index < -0.39 is 0 Å². The summed E-state index contributed by atoms with van der Waals surface area (Å²) >= 11 is 0. The highest BCUT2D eigenvalue weighted by molar-refractivity contribution is 5.57. The number of nitrogens with zero attached hydrogens (tertiary/aromatic N) is 3. The maximum atomic E-state index is 8.60. The van der Waals surface area contributed by atoms with Gasteiger partial charge in [0.25, 0.3) is 0 Å². The van der Waals surface area contributed by atoms with Gasteiger partial charge in [0.15, 0.2) is 5.69 Å². The molecule has 0 atom stereocenters. The van der Waals surface area contributed by atoms with Crippen LogP contribution in [-0.2, 0) is 0 Å². The minimum atomic E-state index is 0.477. The van der Waals surface area contributed by atoms with Crippen LogP contribution in [0.4, 0.5) is 0 Å². The average molecular weight is 143 g/mol. The molecule has 11 heavy (non-hydrogen) atoms. The summed E-state index contributed by atoms with van der Waals surface area (Å²) in [6.45, 7) is 0. The first-order valence-electron chi connectivity index (χ1n) is 3.23. The third-order valence-corrected chi connectivity index (χ3v) is 1.55. The number of aromatic nitrogens is 2. The van der Waals surface area contributed by atoms with Gasteiger partial charge in [-0.15, -0.1) is 0 Å². The fourth-order valence-electron chi connectivity index (χ4n) is 1.03. The second-order valence-electron chi connectivity index (χ2n) is 2.20. The smallest absolute Gasteiger partial charge is 0.166 e. The molecule has 0 saturated heterocycles. The second kappa shape index (κ2) is 2.10. The third-order valence-electron chi connectivity index (χ3n) is 1.55. The van der Waals surface area contributed by atoms with Crippen LogP contribution in [0.1, 0.15) is 5.69 Å². The van der Waals surface area contributed by atoms with Gasteiger partial charge in [-0.1, -0.05) is 6.07 Å². The lowest BCUT2D eigenvalue weighted by molar-refractivity contribution is 1.15. The summed E-state index contributed by atoms with van der Waals surface area (Å²) in [4.78, 5) is 3.92. The fraction of sp³-hybridized carbons (Fsp3) is 0. The van der Waals surface area contributed by atoms with Crippen molar-refractivity contribution in [1.29, 1.82) is 5.26 Å². The SMILES string of the molecule is N#Cc1ncn2ccccc12. The van der Waals surface area contributed by atoms with E-state index >= 15 is 0 Å². The molecule has 2 rings (SSSR count). The molecular formula is C8H5N3. The van der Waals surface area contributed by atoms with Gasteiger partial charge in [0.1, 0.15) is 12.4 Å². The molecule has 0 bridgehead atoms. The van der Waals surface area contributed by atoms with Crippen LogP contribution >= 0.6 is 0 Å². The molecule has 0 N–H and O–H groups in total. The molecule has 2 aromatic heterocycles. The highest BCUT2D eigenvalue weighted by Gasteiger charge is 1.99. The zero-order valence-corrected chi connectivity index (χ0v) is 5.73. The van der Waals surface area contributed by atoms with Gasteiger partial charge >= 0.3 is 0 Å². The van der Waals surface area contributed by atoms with Crippen molar-refractivity contribution in [2.45, 2.75) is 0 Å². The van der Waals surface area contributed by atoms with E-state index in [0.717, 1.165) is 5.52 Å². The molecule has 0 aliphatic rings. The molecule has 52 valence electrons. The van der Waals surface area contributed by atoms with Crippen LogP contribution in [0, 0.1) is 11.3 Å². The highest BCUT2D eigenvalue weighted by Crippen LogP contribution is 2.06. The lowest BCUT2D eigenvalue weighted by atomic mass is 10.3. The van der Waals surface area contributed by atoms with Crippen LogP contribution in [-0.4, -0.2) is 9.38 Å². The van der Waals surface area contributed by atoms with Crippen LogP contribution in [0.2, 0.25) is 0 Å². The second-order valence-corrected chi connectivity index (χ2v) is 2.20. The van der Waals surface area contributed by atoms with E-state index in [1.807, 2.05) is 34.9 Å². The fourth-order valence-corrected chi connectivity index (χ4v) is 1.03. The molecule has 0 amide bonds. The maximum Gasteiger partial charge on any atom is 0.166 e. The van der Waals surface area contributed by atoms with Gasteiger partial charge in [-0.25, -0.2) is 4.98 Å². The van der Waals surface area contributed by atoms with Crippen molar-refractivity contribution < 1.29 is 0 Å². The van der Waals surface area contributed by atoms with E-state index in [1.54, 1.807) is 6.33 Å². The van der Waals surface area contributed by atoms with E-state index in [1.165, 1.54) is 0 Å². The molecule has 0 aliphatic carbocycles. The van der Waals surface area contributed by atoms with Crippen molar-refractivity contribution in [3.8, 4) is 6.07 Å². The molecule has 0 saturated carbocycles. The van der Waals surface area contributed by atoms with Gasteiger partial charge < -0.3 is 4.40 Å². The van der Waals surface area contributed by atoms with Crippen molar-refractivity contribution in [2.24, 2.45) is 0 Å². The van der Waals surface area contributed by atoms with Gasteiger partial charge in [0, 0.05) is 6.20 Å². The monoisotopic (exact) mass is 143 g/mol. The van der Waals surface area contributed by atoms with Crippen LogP contribution in [0.3, 0.4) is 0 Å². The van der Waals surface area contributed by atoms with Crippen LogP contribution in [0.25, 0.3) is 5.52 Å². The minimum absolute atomic E-state index is 0.477. The predicted octanol–water partition coefficient (Wildman–Crippen LogP) is 1.21. The topological polar surface area (TPSA) is 41.1 Å². The van der Waals surface area contributed by atoms with Crippen molar-refractivity contribution in [1.82, 2.24) is 9.38 Å². The van der Waals surface area contributed by atoms with E-state index in [-0.39, 0.29) is 0 Å². The summed E-state index contributed by atoms with van der Waals surface area (Å²) < 4.78 is 1.82. The number of pyridine rings is 1. The number of imidazole rings is 1. The summed E-state index contributed by atoms with van der Waals surface area (Å²) in [7, 11) is 0. The molecule has 0 unspecified atom stereocenters. The van der Waals surface area contributed by atoms with Crippen molar-refractivity contribution in [3.63, 3.8) is 0 Å². The third kappa shape index (κ3) is 0.767. The summed E-state index contributed by atoms with van der Waals surface area (Å²) in [6.07, 6.45) is 3.50. The Morgan fingerprint density at radius 3 is 3.18 bits per heavy atom. The van der Waals surface area contributed by atoms with Gasteiger partial charge in [-0.05, 0) is 12.1 Å². The molecule has 2 heterocycles. The Morgan fingerprint density at radius 2 is 2.36 bits per heavy atom. The van der Waals surface area contributed by atoms with Crippen LogP contribution < -0.4 is 0 Å². The molecule has 3 heteroatoms. The highest BCUT2D eigenvalue weighted by atomic mass is 15.0. The molecule has 0 spiro atoms. The number of hydrogen-bond acceptors (Lipinski definition) is 2. The van der Waals surface area contributed by atoms with Crippen molar-refractivity contribution >= 4 is 5.52 Å². The first-order valence-corrected chi connectivity index (χ1v) is 3.23. The van der Waals surface area contributed by atoms with Gasteiger partial charge in [-0.3, -0.25) is 0 Å². The quantitative estimate of drug-likeness (QED) is 0.556. The normalized spacial score (nSPS) is 9.73. The summed E-state index contributed by atoms with van der Waals surface area (Å²) in [5.74, 6) is 0. The molecular weight excluding hydrogens is 138 g/mol. The Balaban J connectivity index is 2.89. The standard InChI is InChI=1S/C8H5N3/c9-5-7-8-3-1-2-4-11(8)6-10-7/h1-4,6H. The lowest BCUT2D eigenvalue weighted by Gasteiger charge is -1.88. The summed E-state index contributed by atoms with van der Waals surface area (Å²) in [6, 6.07) is 7.67. The van der Waals surface area contributed by atoms with Gasteiger partial charge in [0.05, 0.1) is 5.52 Å². The molecule has 0 aliphatic heterocycles. The number of rotatable bonds is 0. The Morgan fingerprint density at radius 1 is 1.45 bits per heavy atom. The van der Waals surface area contributed by atoms with Gasteiger partial charge in [0.2, 0.25) is 0 Å². The summed E-state index contributed by atoms with van der Waals surface area (Å²) in [5.41, 5.74) is 1.33. The van der Waals surface area contributed by atoms with E-state index in [4.69, 9.17) is 5.26 Å². The van der Waals surface area contributed by atoms with Crippen LogP contribution in [0.5, 0.6) is 0 Å². The first-order chi connectivity index (χ1) is 5.42. The Kier molecular flexibility index (Phi) is 1.13. The van der Waals surface area contributed by atoms with E-state index in [9.17, 15) is 0 Å². The number of nitriles is 1. The molecule has 3 nitrogen and oxygen atoms in total. The predicted molar refractivity (Wildman–Crippen MR) is 39.9 cm³/mol. The van der Waals surface area contributed by atoms with Crippen molar-refractivity contribution in [2.75, 3.05) is 0 Å². The number of fused-ring (bicyclic) bond motifs is 1. The molecule has 0 radical (unpaired) electrons. The molecule has 0 aromatic carbocycles. The number of hydrogen-bond donors (Lipinski definition) is 0. The Bertz CT molecular complexity index is 422. The summed E-state index contributed by atoms with van der Waals surface area (Å²) in [5, 5.41) is 8.60. The minimum Gasteiger partial charge on any atom is -0.305 e. The molecule has 2 aromatic rings. The Labute approximate surface area is 63.5 Å². The van der Waals surface area contributed by atoms with E-state index in [2.05, 4.69) is 4.98 Å². The average Bonchev–Trinajstić information content (AvgIpc) is 2.47. The van der Waals surface area contributed by atoms with Crippen LogP contribution in [0.15, 0.2) is 30.7 Å². The first kappa shape index (κ1) is 5.93. The zero-order chi connectivity index (χ0) is 7.68.